The van der Waals surface area contributed by atoms with Gasteiger partial charge in [-0.1, -0.05) is 18.3 Å². The molecule has 0 saturated heterocycles. The predicted molar refractivity (Wildman–Crippen MR) is 48.5 cm³/mol. The maximum Gasteiger partial charge on any atom is 0.434 e. The molecule has 0 aliphatic rings. The highest BCUT2D eigenvalue weighted by Crippen LogP contribution is 2.12. The standard InChI is InChI=1S/C8H13N3O2/c1-3-4-5-7-6-9-8(10(7)2)11(12)13/h6H,3-5H2,1-2H3. The van der Waals surface area contributed by atoms with Gasteiger partial charge in [-0.05, 0) is 11.3 Å². The smallest absolute Gasteiger partial charge is 0.390 e. The van der Waals surface area contributed by atoms with Crippen molar-refractivity contribution in [3.8, 4) is 0 Å². The third-order valence-electron chi connectivity index (χ3n) is 2.01. The molecule has 0 amide bonds. The maximum atomic E-state index is 10.4. The molecule has 5 nitrogen and oxygen atoms in total. The first-order valence-corrected chi connectivity index (χ1v) is 4.31. The van der Waals surface area contributed by atoms with Gasteiger partial charge in [0.15, 0.2) is 0 Å². The molecule has 0 N–H and O–H groups in total. The highest BCUT2D eigenvalue weighted by Gasteiger charge is 2.15. The number of hydrogen-bond donors (Lipinski definition) is 0. The lowest BCUT2D eigenvalue weighted by Gasteiger charge is -1.97. The van der Waals surface area contributed by atoms with Crippen LogP contribution >= 0.6 is 0 Å². The average molecular weight is 183 g/mol. The number of nitrogens with zero attached hydrogens (tertiary/aromatic N) is 3. The summed E-state index contributed by atoms with van der Waals surface area (Å²) in [4.78, 5) is 13.7. The first-order chi connectivity index (χ1) is 6.16. The Hall–Kier alpha value is -1.39. The Bertz CT molecular complexity index is 306. The summed E-state index contributed by atoms with van der Waals surface area (Å²) in [7, 11) is 1.68. The molecule has 0 aliphatic carbocycles. The van der Waals surface area contributed by atoms with Crippen LogP contribution < -0.4 is 0 Å². The molecule has 0 radical (unpaired) electrons. The number of imidazole rings is 1. The quantitative estimate of drug-likeness (QED) is 0.527. The second-order valence-electron chi connectivity index (χ2n) is 2.97. The van der Waals surface area contributed by atoms with E-state index in [4.69, 9.17) is 0 Å². The molecule has 72 valence electrons. The number of nitro groups is 1. The van der Waals surface area contributed by atoms with E-state index in [0.717, 1.165) is 25.0 Å². The highest BCUT2D eigenvalue weighted by molar-refractivity contribution is 5.14. The van der Waals surface area contributed by atoms with Crippen LogP contribution in [0.1, 0.15) is 25.5 Å². The Balaban J connectivity index is 2.80. The summed E-state index contributed by atoms with van der Waals surface area (Å²) in [6.07, 6.45) is 4.55. The third kappa shape index (κ3) is 2.05. The van der Waals surface area contributed by atoms with Gasteiger partial charge >= 0.3 is 5.95 Å². The minimum atomic E-state index is -0.463. The zero-order valence-corrected chi connectivity index (χ0v) is 7.86. The molecular weight excluding hydrogens is 170 g/mol. The van der Waals surface area contributed by atoms with Gasteiger partial charge in [0.25, 0.3) is 0 Å². The Morgan fingerprint density at radius 1 is 1.69 bits per heavy atom. The largest absolute Gasteiger partial charge is 0.434 e. The van der Waals surface area contributed by atoms with Crippen molar-refractivity contribution in [2.45, 2.75) is 26.2 Å². The van der Waals surface area contributed by atoms with Gasteiger partial charge < -0.3 is 10.1 Å². The molecule has 0 atom stereocenters. The highest BCUT2D eigenvalue weighted by atomic mass is 16.6. The van der Waals surface area contributed by atoms with Crippen molar-refractivity contribution in [3.05, 3.63) is 22.0 Å². The van der Waals surface area contributed by atoms with Gasteiger partial charge in [0.2, 0.25) is 0 Å². The van der Waals surface area contributed by atoms with Crippen LogP contribution in [0.25, 0.3) is 0 Å². The zero-order chi connectivity index (χ0) is 9.84. The van der Waals surface area contributed by atoms with E-state index in [1.165, 1.54) is 4.57 Å². The van der Waals surface area contributed by atoms with Gasteiger partial charge in [-0.3, -0.25) is 0 Å². The summed E-state index contributed by atoms with van der Waals surface area (Å²) in [6.45, 7) is 2.09. The maximum absolute atomic E-state index is 10.4. The summed E-state index contributed by atoms with van der Waals surface area (Å²) in [5.74, 6) is -0.0777. The molecular formula is C8H13N3O2. The first-order valence-electron chi connectivity index (χ1n) is 4.31. The fourth-order valence-electron chi connectivity index (χ4n) is 1.19. The topological polar surface area (TPSA) is 61.0 Å². The lowest BCUT2D eigenvalue weighted by Crippen LogP contribution is -2.01. The van der Waals surface area contributed by atoms with E-state index in [9.17, 15) is 10.1 Å². The van der Waals surface area contributed by atoms with E-state index in [1.54, 1.807) is 13.2 Å². The second kappa shape index (κ2) is 4.02. The molecule has 1 heterocycles. The van der Waals surface area contributed by atoms with Gasteiger partial charge in [-0.15, -0.1) is 0 Å². The molecule has 0 aliphatic heterocycles. The van der Waals surface area contributed by atoms with Crippen LogP contribution in [0.4, 0.5) is 5.95 Å². The third-order valence-corrected chi connectivity index (χ3v) is 2.01. The fourth-order valence-corrected chi connectivity index (χ4v) is 1.19. The van der Waals surface area contributed by atoms with Crippen molar-refractivity contribution in [2.24, 2.45) is 7.05 Å². The number of aryl methyl sites for hydroxylation is 1. The van der Waals surface area contributed by atoms with Gasteiger partial charge in [0.1, 0.15) is 11.9 Å². The van der Waals surface area contributed by atoms with Crippen LogP contribution in [-0.2, 0) is 13.5 Å². The van der Waals surface area contributed by atoms with E-state index < -0.39 is 4.92 Å². The molecule has 1 aromatic heterocycles. The van der Waals surface area contributed by atoms with Gasteiger partial charge in [-0.25, -0.2) is 4.57 Å². The monoisotopic (exact) mass is 183 g/mol. The van der Waals surface area contributed by atoms with Gasteiger partial charge in [-0.2, -0.15) is 0 Å². The molecule has 0 fully saturated rings. The molecule has 1 aromatic rings. The minimum Gasteiger partial charge on any atom is -0.390 e. The normalized spacial score (nSPS) is 10.3. The molecule has 0 saturated carbocycles. The van der Waals surface area contributed by atoms with Crippen molar-refractivity contribution >= 4 is 5.95 Å². The molecule has 0 bridgehead atoms. The van der Waals surface area contributed by atoms with E-state index >= 15 is 0 Å². The lowest BCUT2D eigenvalue weighted by atomic mass is 10.2. The second-order valence-corrected chi connectivity index (χ2v) is 2.97. The number of rotatable bonds is 4. The summed E-state index contributed by atoms with van der Waals surface area (Å²) < 4.78 is 1.54. The minimum absolute atomic E-state index is 0.0777. The Morgan fingerprint density at radius 2 is 2.38 bits per heavy atom. The summed E-state index contributed by atoms with van der Waals surface area (Å²) in [5.41, 5.74) is 0.925. The summed E-state index contributed by atoms with van der Waals surface area (Å²) >= 11 is 0. The summed E-state index contributed by atoms with van der Waals surface area (Å²) in [6, 6.07) is 0. The first kappa shape index (κ1) is 9.70. The van der Waals surface area contributed by atoms with Crippen LogP contribution in [-0.4, -0.2) is 14.5 Å². The van der Waals surface area contributed by atoms with E-state index in [0.29, 0.717) is 0 Å². The van der Waals surface area contributed by atoms with Crippen molar-refractivity contribution in [1.29, 1.82) is 0 Å². The molecule has 1 rings (SSSR count). The van der Waals surface area contributed by atoms with Crippen molar-refractivity contribution in [1.82, 2.24) is 9.55 Å². The Morgan fingerprint density at radius 3 is 2.85 bits per heavy atom. The van der Waals surface area contributed by atoms with Gasteiger partial charge in [0, 0.05) is 6.42 Å². The number of hydrogen-bond acceptors (Lipinski definition) is 3. The Labute approximate surface area is 76.5 Å². The number of aromatic nitrogens is 2. The van der Waals surface area contributed by atoms with Crippen molar-refractivity contribution in [2.75, 3.05) is 0 Å². The van der Waals surface area contributed by atoms with Crippen LogP contribution in [0, 0.1) is 10.1 Å². The van der Waals surface area contributed by atoms with Crippen LogP contribution in [0.3, 0.4) is 0 Å². The van der Waals surface area contributed by atoms with Crippen LogP contribution in [0.15, 0.2) is 6.20 Å². The summed E-state index contributed by atoms with van der Waals surface area (Å²) in [5, 5.41) is 10.4. The van der Waals surface area contributed by atoms with E-state index in [2.05, 4.69) is 11.9 Å². The molecule has 13 heavy (non-hydrogen) atoms. The van der Waals surface area contributed by atoms with Gasteiger partial charge in [0.05, 0.1) is 7.05 Å². The van der Waals surface area contributed by atoms with Crippen LogP contribution in [0.2, 0.25) is 0 Å². The molecule has 5 heteroatoms. The lowest BCUT2D eigenvalue weighted by molar-refractivity contribution is -0.396. The van der Waals surface area contributed by atoms with Crippen LogP contribution in [0.5, 0.6) is 0 Å². The van der Waals surface area contributed by atoms with E-state index in [-0.39, 0.29) is 5.95 Å². The fraction of sp³-hybridized carbons (Fsp3) is 0.625. The van der Waals surface area contributed by atoms with Crippen molar-refractivity contribution in [3.63, 3.8) is 0 Å². The molecule has 0 spiro atoms. The number of unbranched alkanes of at least 4 members (excludes halogenated alkanes) is 1. The molecule has 0 aromatic carbocycles. The molecule has 0 unspecified atom stereocenters. The average Bonchev–Trinajstić information content (AvgIpc) is 2.43. The predicted octanol–water partition coefficient (Wildman–Crippen LogP) is 1.67. The SMILES string of the molecule is CCCCc1cnc([N+](=O)[O-])n1C. The van der Waals surface area contributed by atoms with Crippen molar-refractivity contribution < 1.29 is 4.92 Å². The Kier molecular flexibility index (Phi) is 3.00. The van der Waals surface area contributed by atoms with E-state index in [1.807, 2.05) is 0 Å². The zero-order valence-electron chi connectivity index (χ0n) is 7.86.